The Labute approximate surface area is 355 Å². The summed E-state index contributed by atoms with van der Waals surface area (Å²) >= 11 is 0. The first-order valence-corrected chi connectivity index (χ1v) is 22.3. The first-order valence-electron chi connectivity index (χ1n) is 17.8. The van der Waals surface area contributed by atoms with Crippen LogP contribution in [-0.4, -0.2) is 124 Å². The van der Waals surface area contributed by atoms with Gasteiger partial charge in [0.1, 0.15) is 55.8 Å². The van der Waals surface area contributed by atoms with Gasteiger partial charge in [0.15, 0.2) is 6.23 Å². The van der Waals surface area contributed by atoms with Crippen molar-refractivity contribution in [3.63, 3.8) is 0 Å². The standard InChI is InChI=1S/C30H40N13O17P3/c31-6-8-36-30(45)19-3-1-5-21(11-19)55-16-25(40-42-34)54-10-9-53-15-24(44)35-7-2-4-20-13-43(29-27(20)28(32)37-17-38-29)26-12-22(56-18-39-41-33)23(58-26)14-57-62(49,50)60-63(51,52)59-61(46,47)48/h1,3,5,11,13,17,22-23,25-26H,6-10,12,14-16,18,31H2,(H,35,44)(H,36,45)(H,49,50)(H,51,52)(H2,32,37,38)(H2,46,47,48)/t22?,23-,25?,26-/m1/s1. The first kappa shape index (κ1) is 50.4. The molecule has 4 unspecified atom stereocenters. The van der Waals surface area contributed by atoms with Gasteiger partial charge in [-0.1, -0.05) is 28.1 Å². The molecule has 2 amide bonds. The zero-order valence-corrected chi connectivity index (χ0v) is 35.1. The summed E-state index contributed by atoms with van der Waals surface area (Å²) in [5.74, 6) is 5.11. The Morgan fingerprint density at radius 2 is 1.89 bits per heavy atom. The zero-order chi connectivity index (χ0) is 46.0. The molecule has 0 aliphatic carbocycles. The van der Waals surface area contributed by atoms with Crippen LogP contribution in [0.1, 0.15) is 28.6 Å². The molecular weight excluding hydrogens is 907 g/mol. The molecule has 3 aromatic rings. The lowest BCUT2D eigenvalue weighted by molar-refractivity contribution is -0.126. The number of anilines is 1. The molecule has 0 radical (unpaired) electrons. The summed E-state index contributed by atoms with van der Waals surface area (Å²) in [5.41, 5.74) is 30.0. The number of phosphoric ester groups is 1. The molecule has 33 heteroatoms. The molecule has 1 aliphatic heterocycles. The van der Waals surface area contributed by atoms with Crippen LogP contribution in [0.15, 0.2) is 47.0 Å². The largest absolute Gasteiger partial charge is 0.491 e. The quantitative estimate of drug-likeness (QED) is 0.0148. The highest BCUT2D eigenvalue weighted by molar-refractivity contribution is 7.66. The first-order chi connectivity index (χ1) is 29.9. The number of rotatable bonds is 25. The molecule has 0 spiro atoms. The number of ether oxygens (including phenoxy) is 5. The summed E-state index contributed by atoms with van der Waals surface area (Å²) in [6, 6.07) is 6.31. The van der Waals surface area contributed by atoms with Crippen molar-refractivity contribution >= 4 is 52.1 Å². The van der Waals surface area contributed by atoms with Crippen LogP contribution in [-0.2, 0) is 50.6 Å². The van der Waals surface area contributed by atoms with Crippen molar-refractivity contribution in [3.8, 4) is 17.6 Å². The maximum absolute atomic E-state index is 12.4. The van der Waals surface area contributed by atoms with Crippen LogP contribution in [0.2, 0.25) is 0 Å². The maximum atomic E-state index is 12.4. The lowest BCUT2D eigenvalue weighted by Crippen LogP contribution is -2.29. The molecule has 10 N–H and O–H groups in total. The summed E-state index contributed by atoms with van der Waals surface area (Å²) < 4.78 is 76.7. The van der Waals surface area contributed by atoms with Crippen LogP contribution in [0, 0.1) is 11.8 Å². The third kappa shape index (κ3) is 16.8. The Hall–Kier alpha value is -5.23. The van der Waals surface area contributed by atoms with Gasteiger partial charge < -0.3 is 69.9 Å². The van der Waals surface area contributed by atoms with Gasteiger partial charge >= 0.3 is 23.5 Å². The molecular formula is C30H40N13O17P3. The fourth-order valence-electron chi connectivity index (χ4n) is 5.34. The average molecular weight is 948 g/mol. The number of benzene rings is 1. The second kappa shape index (κ2) is 24.0. The van der Waals surface area contributed by atoms with E-state index in [1.54, 1.807) is 18.2 Å². The molecule has 1 aromatic carbocycles. The van der Waals surface area contributed by atoms with Crippen molar-refractivity contribution < 1.29 is 79.7 Å². The molecule has 0 saturated carbocycles. The normalized spacial score (nSPS) is 18.4. The van der Waals surface area contributed by atoms with E-state index in [1.807, 2.05) is 0 Å². The van der Waals surface area contributed by atoms with Crippen LogP contribution in [0.3, 0.4) is 0 Å². The summed E-state index contributed by atoms with van der Waals surface area (Å²) in [6.45, 7) is -1.66. The smallest absolute Gasteiger partial charge is 0.490 e. The minimum atomic E-state index is -5.80. The monoisotopic (exact) mass is 947 g/mol. The van der Waals surface area contributed by atoms with E-state index in [0.29, 0.717) is 17.9 Å². The van der Waals surface area contributed by atoms with Crippen molar-refractivity contribution in [3.05, 3.63) is 68.8 Å². The van der Waals surface area contributed by atoms with Gasteiger partial charge in [0, 0.05) is 41.1 Å². The van der Waals surface area contributed by atoms with Gasteiger partial charge in [-0.25, -0.2) is 23.7 Å². The van der Waals surface area contributed by atoms with E-state index in [9.17, 15) is 33.1 Å². The second-order valence-electron chi connectivity index (χ2n) is 12.3. The summed E-state index contributed by atoms with van der Waals surface area (Å²) in [4.78, 5) is 75.1. The van der Waals surface area contributed by atoms with E-state index >= 15 is 0 Å². The Kier molecular flexibility index (Phi) is 19.2. The number of nitrogens with two attached hydrogens (primary N) is 2. The van der Waals surface area contributed by atoms with Crippen molar-refractivity contribution in [2.75, 3.05) is 65.1 Å². The molecule has 3 heterocycles. The van der Waals surface area contributed by atoms with Gasteiger partial charge in [-0.15, -0.1) is 0 Å². The van der Waals surface area contributed by atoms with Crippen molar-refractivity contribution in [2.24, 2.45) is 16.0 Å². The highest BCUT2D eigenvalue weighted by Gasteiger charge is 2.43. The minimum absolute atomic E-state index is 0.0210. The molecule has 1 saturated heterocycles. The van der Waals surface area contributed by atoms with E-state index < -0.39 is 67.4 Å². The number of nitrogens with zero attached hydrogens (tertiary/aromatic N) is 9. The van der Waals surface area contributed by atoms with Crippen LogP contribution in [0.5, 0.6) is 5.75 Å². The van der Waals surface area contributed by atoms with E-state index in [2.05, 4.69) is 61.1 Å². The van der Waals surface area contributed by atoms with Crippen molar-refractivity contribution in [1.29, 1.82) is 0 Å². The number of hydrogen-bond acceptors (Lipinski definition) is 19. The summed E-state index contributed by atoms with van der Waals surface area (Å²) in [7, 11) is -17.0. The maximum Gasteiger partial charge on any atom is 0.490 e. The lowest BCUT2D eigenvalue weighted by atomic mass is 10.2. The van der Waals surface area contributed by atoms with Gasteiger partial charge in [0.2, 0.25) is 5.91 Å². The van der Waals surface area contributed by atoms with Crippen molar-refractivity contribution in [1.82, 2.24) is 25.2 Å². The highest BCUT2D eigenvalue weighted by atomic mass is 31.3. The van der Waals surface area contributed by atoms with Gasteiger partial charge in [-0.2, -0.15) is 8.62 Å². The number of azide groups is 2. The number of nitrogen functional groups attached to an aromatic ring is 1. The topological polar surface area (TPSA) is 444 Å². The highest BCUT2D eigenvalue weighted by Crippen LogP contribution is 2.66. The predicted octanol–water partition coefficient (Wildman–Crippen LogP) is 1.20. The fraction of sp³-hybridized carbons (Fsp3) is 0.467. The SMILES string of the molecule is [N-]=[N+]=NCOC1C[C@H](n2cc(C#CCNC(=O)COCCOC(COc3cccc(C(=O)NCCN)c3)N=[N+]=[N-])c3c(N)ncnc32)O[C@@H]1COP(=O)(O)OP(=O)(O)OP(=O)(O)O. The predicted molar refractivity (Wildman–Crippen MR) is 212 cm³/mol. The average Bonchev–Trinajstić information content (AvgIpc) is 3.80. The molecule has 1 aliphatic rings. The van der Waals surface area contributed by atoms with E-state index in [1.165, 1.54) is 16.8 Å². The fourth-order valence-corrected chi connectivity index (χ4v) is 8.37. The van der Waals surface area contributed by atoms with Crippen LogP contribution < -0.4 is 26.8 Å². The summed E-state index contributed by atoms with van der Waals surface area (Å²) in [6.07, 6.45) is -1.72. The molecule has 0 bridgehead atoms. The lowest BCUT2D eigenvalue weighted by Gasteiger charge is -2.21. The van der Waals surface area contributed by atoms with E-state index in [-0.39, 0.29) is 74.3 Å². The van der Waals surface area contributed by atoms with Crippen molar-refractivity contribution in [2.45, 2.75) is 31.1 Å². The Balaban J connectivity index is 1.30. The zero-order valence-electron chi connectivity index (χ0n) is 32.5. The van der Waals surface area contributed by atoms with Gasteiger partial charge in [0.05, 0.1) is 43.4 Å². The Morgan fingerprint density at radius 3 is 2.62 bits per heavy atom. The number of fused-ring (bicyclic) bond motifs is 1. The van der Waals surface area contributed by atoms with Gasteiger partial charge in [-0.3, -0.25) is 14.1 Å². The molecule has 342 valence electrons. The van der Waals surface area contributed by atoms with Crippen LogP contribution in [0.25, 0.3) is 31.9 Å². The summed E-state index contributed by atoms with van der Waals surface area (Å²) in [5, 5.41) is 12.3. The number of amides is 2. The molecule has 63 heavy (non-hydrogen) atoms. The molecule has 1 fully saturated rings. The number of hydrogen-bond donors (Lipinski definition) is 8. The molecule has 4 rings (SSSR count). The third-order valence-electron chi connectivity index (χ3n) is 7.82. The van der Waals surface area contributed by atoms with Crippen LogP contribution >= 0.6 is 23.5 Å². The van der Waals surface area contributed by atoms with E-state index in [0.717, 1.165) is 6.33 Å². The number of carbonyl (C=O) groups excluding carboxylic acids is 2. The number of nitrogens with one attached hydrogen (secondary N) is 2. The third-order valence-corrected chi connectivity index (χ3v) is 11.6. The molecule has 30 nitrogen and oxygen atoms in total. The van der Waals surface area contributed by atoms with Crippen LogP contribution in [0.4, 0.5) is 5.82 Å². The number of phosphoric acid groups is 3. The molecule has 2 aromatic heterocycles. The van der Waals surface area contributed by atoms with Gasteiger partial charge in [-0.05, 0) is 29.3 Å². The minimum Gasteiger partial charge on any atom is -0.491 e. The number of carbonyl (C=O) groups is 2. The van der Waals surface area contributed by atoms with E-state index in [4.69, 9.17) is 60.5 Å². The Morgan fingerprint density at radius 1 is 1.10 bits per heavy atom. The number of aromatic nitrogens is 3. The molecule has 6 atom stereocenters. The second-order valence-corrected chi connectivity index (χ2v) is 16.7. The van der Waals surface area contributed by atoms with Gasteiger partial charge in [0.25, 0.3) is 5.91 Å². The Bertz CT molecular complexity index is 2380.